The molecule has 1 fully saturated rings. The molecule has 0 spiro atoms. The molecular formula is C13H13Cl2NO2. The third-order valence-corrected chi connectivity index (χ3v) is 4.44. The van der Waals surface area contributed by atoms with Crippen LogP contribution in [0.3, 0.4) is 0 Å². The first-order chi connectivity index (χ1) is 8.65. The molecule has 18 heavy (non-hydrogen) atoms. The van der Waals surface area contributed by atoms with Gasteiger partial charge in [0.25, 0.3) is 0 Å². The Labute approximate surface area is 115 Å². The third-order valence-electron chi connectivity index (χ3n) is 3.52. The standard InChI is InChI=1S/C13H13Cl2NO2/c14-10-5-11-8(4-12(17)16-11)3-9(10)13(15)7-1-2-18-6-7/h3,5,7,13H,1-2,4,6H2,(H,16,17). The van der Waals surface area contributed by atoms with E-state index >= 15 is 0 Å². The van der Waals surface area contributed by atoms with Gasteiger partial charge in [-0.3, -0.25) is 4.79 Å². The number of hydrogen-bond donors (Lipinski definition) is 1. The Hall–Kier alpha value is -0.770. The average molecular weight is 286 g/mol. The summed E-state index contributed by atoms with van der Waals surface area (Å²) < 4.78 is 5.36. The minimum absolute atomic E-state index is 0.00791. The van der Waals surface area contributed by atoms with Crippen molar-refractivity contribution in [2.45, 2.75) is 18.2 Å². The van der Waals surface area contributed by atoms with Crippen molar-refractivity contribution in [1.29, 1.82) is 0 Å². The molecular weight excluding hydrogens is 273 g/mol. The molecule has 2 aliphatic heterocycles. The van der Waals surface area contributed by atoms with Crippen LogP contribution in [0.1, 0.15) is 22.9 Å². The lowest BCUT2D eigenvalue weighted by atomic mass is 9.96. The number of fused-ring (bicyclic) bond motifs is 1. The molecule has 0 aliphatic carbocycles. The highest BCUT2D eigenvalue weighted by Crippen LogP contribution is 2.40. The van der Waals surface area contributed by atoms with Crippen LogP contribution in [0.25, 0.3) is 0 Å². The van der Waals surface area contributed by atoms with Gasteiger partial charge < -0.3 is 10.1 Å². The molecule has 2 unspecified atom stereocenters. The van der Waals surface area contributed by atoms with Crippen molar-refractivity contribution in [1.82, 2.24) is 0 Å². The molecule has 1 aromatic carbocycles. The van der Waals surface area contributed by atoms with Crippen LogP contribution in [-0.2, 0) is 16.0 Å². The predicted octanol–water partition coefficient (Wildman–Crippen LogP) is 3.15. The molecule has 0 radical (unpaired) electrons. The van der Waals surface area contributed by atoms with Crippen LogP contribution < -0.4 is 5.32 Å². The minimum Gasteiger partial charge on any atom is -0.381 e. The maximum atomic E-state index is 11.3. The first kappa shape index (κ1) is 12.3. The van der Waals surface area contributed by atoms with Crippen LogP contribution in [0.4, 0.5) is 5.69 Å². The largest absolute Gasteiger partial charge is 0.381 e. The second kappa shape index (κ2) is 4.72. The summed E-state index contributed by atoms with van der Waals surface area (Å²) in [6.45, 7) is 1.44. The number of carbonyl (C=O) groups is 1. The van der Waals surface area contributed by atoms with Crippen molar-refractivity contribution in [3.05, 3.63) is 28.3 Å². The molecule has 2 heterocycles. The first-order valence-corrected chi connectivity index (χ1v) is 6.80. The summed E-state index contributed by atoms with van der Waals surface area (Å²) in [5, 5.41) is 3.24. The van der Waals surface area contributed by atoms with Crippen LogP contribution in [0.5, 0.6) is 0 Å². The van der Waals surface area contributed by atoms with Gasteiger partial charge in [-0.05, 0) is 23.6 Å². The summed E-state index contributed by atoms with van der Waals surface area (Å²) >= 11 is 12.7. The summed E-state index contributed by atoms with van der Waals surface area (Å²) in [4.78, 5) is 11.3. The molecule has 1 amide bonds. The highest BCUT2D eigenvalue weighted by Gasteiger charge is 2.29. The summed E-state index contributed by atoms with van der Waals surface area (Å²) in [6.07, 6.45) is 1.36. The maximum Gasteiger partial charge on any atom is 0.228 e. The van der Waals surface area contributed by atoms with Gasteiger partial charge >= 0.3 is 0 Å². The van der Waals surface area contributed by atoms with Crippen molar-refractivity contribution in [3.63, 3.8) is 0 Å². The molecule has 3 rings (SSSR count). The van der Waals surface area contributed by atoms with Gasteiger partial charge in [0.15, 0.2) is 0 Å². The fraction of sp³-hybridized carbons (Fsp3) is 0.462. The molecule has 1 N–H and O–H groups in total. The number of anilines is 1. The zero-order valence-electron chi connectivity index (χ0n) is 9.71. The van der Waals surface area contributed by atoms with Crippen LogP contribution in [-0.4, -0.2) is 19.1 Å². The smallest absolute Gasteiger partial charge is 0.228 e. The van der Waals surface area contributed by atoms with Crippen molar-refractivity contribution in [2.75, 3.05) is 18.5 Å². The van der Waals surface area contributed by atoms with Gasteiger partial charge in [0, 0.05) is 23.2 Å². The van der Waals surface area contributed by atoms with E-state index in [1.165, 1.54) is 0 Å². The van der Waals surface area contributed by atoms with Gasteiger partial charge in [-0.2, -0.15) is 0 Å². The number of hydrogen-bond acceptors (Lipinski definition) is 2. The molecule has 2 atom stereocenters. The van der Waals surface area contributed by atoms with E-state index < -0.39 is 0 Å². The average Bonchev–Trinajstić information content (AvgIpc) is 2.94. The normalized spacial score (nSPS) is 23.9. The number of amides is 1. The highest BCUT2D eigenvalue weighted by molar-refractivity contribution is 6.33. The van der Waals surface area contributed by atoms with E-state index in [0.29, 0.717) is 24.0 Å². The fourth-order valence-electron chi connectivity index (χ4n) is 2.52. The molecule has 3 nitrogen and oxygen atoms in total. The summed E-state index contributed by atoms with van der Waals surface area (Å²) in [7, 11) is 0. The van der Waals surface area contributed by atoms with Gasteiger partial charge in [-0.1, -0.05) is 17.7 Å². The van der Waals surface area contributed by atoms with E-state index in [-0.39, 0.29) is 11.3 Å². The van der Waals surface area contributed by atoms with Crippen molar-refractivity contribution in [3.8, 4) is 0 Å². The van der Waals surface area contributed by atoms with E-state index in [2.05, 4.69) is 5.32 Å². The van der Waals surface area contributed by atoms with Crippen LogP contribution in [0.2, 0.25) is 5.02 Å². The lowest BCUT2D eigenvalue weighted by Gasteiger charge is -2.18. The number of nitrogens with one attached hydrogen (secondary N) is 1. The number of benzene rings is 1. The zero-order valence-corrected chi connectivity index (χ0v) is 11.2. The van der Waals surface area contributed by atoms with E-state index in [1.807, 2.05) is 6.07 Å². The van der Waals surface area contributed by atoms with Gasteiger partial charge in [0.1, 0.15) is 0 Å². The highest BCUT2D eigenvalue weighted by atomic mass is 35.5. The Bertz CT molecular complexity index is 498. The van der Waals surface area contributed by atoms with Gasteiger partial charge in [-0.15, -0.1) is 11.6 Å². The van der Waals surface area contributed by atoms with Gasteiger partial charge in [0.05, 0.1) is 18.4 Å². The van der Waals surface area contributed by atoms with Gasteiger partial charge in [-0.25, -0.2) is 0 Å². The lowest BCUT2D eigenvalue weighted by Crippen LogP contribution is -2.08. The maximum absolute atomic E-state index is 11.3. The molecule has 1 aromatic rings. The molecule has 0 aromatic heterocycles. The van der Waals surface area contributed by atoms with Crippen molar-refractivity contribution in [2.24, 2.45) is 5.92 Å². The predicted molar refractivity (Wildman–Crippen MR) is 71.3 cm³/mol. The Morgan fingerprint density at radius 1 is 1.44 bits per heavy atom. The Morgan fingerprint density at radius 3 is 3.00 bits per heavy atom. The third kappa shape index (κ3) is 2.11. The molecule has 96 valence electrons. The molecule has 5 heteroatoms. The Kier molecular flexibility index (Phi) is 3.22. The Morgan fingerprint density at radius 2 is 2.28 bits per heavy atom. The van der Waals surface area contributed by atoms with E-state index in [4.69, 9.17) is 27.9 Å². The molecule has 0 saturated carbocycles. The summed E-state index contributed by atoms with van der Waals surface area (Å²) in [5.41, 5.74) is 2.69. The second-order valence-electron chi connectivity index (χ2n) is 4.78. The van der Waals surface area contributed by atoms with E-state index in [9.17, 15) is 4.79 Å². The number of halogens is 2. The SMILES string of the molecule is O=C1Cc2cc(C(Cl)C3CCOC3)c(Cl)cc2N1. The van der Waals surface area contributed by atoms with Gasteiger partial charge in [0.2, 0.25) is 5.91 Å². The van der Waals surface area contributed by atoms with Crippen LogP contribution in [0, 0.1) is 5.92 Å². The molecule has 1 saturated heterocycles. The first-order valence-electron chi connectivity index (χ1n) is 5.99. The lowest BCUT2D eigenvalue weighted by molar-refractivity contribution is -0.115. The van der Waals surface area contributed by atoms with E-state index in [1.54, 1.807) is 6.07 Å². The van der Waals surface area contributed by atoms with Crippen LogP contribution >= 0.6 is 23.2 Å². The zero-order chi connectivity index (χ0) is 12.7. The quantitative estimate of drug-likeness (QED) is 0.848. The summed E-state index contributed by atoms with van der Waals surface area (Å²) in [6, 6.07) is 3.74. The fourth-order valence-corrected chi connectivity index (χ4v) is 3.23. The monoisotopic (exact) mass is 285 g/mol. The number of ether oxygens (including phenoxy) is 1. The van der Waals surface area contributed by atoms with Crippen LogP contribution in [0.15, 0.2) is 12.1 Å². The second-order valence-corrected chi connectivity index (χ2v) is 5.66. The topological polar surface area (TPSA) is 38.3 Å². The summed E-state index contributed by atoms with van der Waals surface area (Å²) in [5.74, 6) is 0.306. The van der Waals surface area contributed by atoms with Crippen molar-refractivity contribution >= 4 is 34.8 Å². The number of alkyl halides is 1. The van der Waals surface area contributed by atoms with Crippen molar-refractivity contribution < 1.29 is 9.53 Å². The molecule has 2 aliphatic rings. The molecule has 0 bridgehead atoms. The number of rotatable bonds is 2. The minimum atomic E-state index is -0.152. The Balaban J connectivity index is 1.92. The number of carbonyl (C=O) groups excluding carboxylic acids is 1. The van der Waals surface area contributed by atoms with E-state index in [0.717, 1.165) is 29.8 Å².